The molecule has 2 aliphatic rings. The van der Waals surface area contributed by atoms with E-state index in [-0.39, 0.29) is 0 Å². The van der Waals surface area contributed by atoms with Gasteiger partial charge in [0.05, 0.1) is 0 Å². The first-order valence-corrected chi connectivity index (χ1v) is 6.02. The molecule has 0 atom stereocenters. The van der Waals surface area contributed by atoms with Gasteiger partial charge in [-0.1, -0.05) is 25.7 Å². The zero-order chi connectivity index (χ0) is 9.64. The van der Waals surface area contributed by atoms with Gasteiger partial charge in [0.15, 0.2) is 0 Å². The van der Waals surface area contributed by atoms with E-state index in [1.54, 1.807) is 0 Å². The van der Waals surface area contributed by atoms with Gasteiger partial charge in [0.2, 0.25) is 0 Å². The second-order valence-corrected chi connectivity index (χ2v) is 4.62. The first kappa shape index (κ1) is 9.88. The topological polar surface area (TPSA) is 24.7 Å². The smallest absolute Gasteiger partial charge is 0.0301 e. The van der Waals surface area contributed by atoms with Crippen LogP contribution in [-0.4, -0.2) is 12.4 Å². The second kappa shape index (κ2) is 5.28. The summed E-state index contributed by atoms with van der Waals surface area (Å²) in [6.45, 7) is 0. The molecular weight excluding hydrogens is 172 g/mol. The summed E-state index contributed by atoms with van der Waals surface area (Å²) >= 11 is 0. The van der Waals surface area contributed by atoms with Crippen LogP contribution in [0.25, 0.3) is 0 Å². The maximum absolute atomic E-state index is 4.16. The van der Waals surface area contributed by atoms with Crippen molar-refractivity contribution in [3.63, 3.8) is 0 Å². The molecule has 0 unspecified atom stereocenters. The Morgan fingerprint density at radius 1 is 0.643 bits per heavy atom. The highest BCUT2D eigenvalue weighted by Gasteiger charge is 2.13. The fourth-order valence-electron chi connectivity index (χ4n) is 2.48. The summed E-state index contributed by atoms with van der Waals surface area (Å²) in [4.78, 5) is 0. The molecule has 0 N–H and O–H groups in total. The molecular formula is C12H20N2. The minimum Gasteiger partial charge on any atom is -0.164 e. The van der Waals surface area contributed by atoms with E-state index < -0.39 is 0 Å². The van der Waals surface area contributed by atoms with Crippen molar-refractivity contribution >= 4 is 12.4 Å². The standard InChI is InChI=1S/C12H20N2/c1-2-6-11(5-1)9-13-14-10-12-7-3-4-8-12/h9-12H,1-8H2. The lowest BCUT2D eigenvalue weighted by atomic mass is 10.1. The second-order valence-electron chi connectivity index (χ2n) is 4.62. The molecule has 2 fully saturated rings. The fraction of sp³-hybridized carbons (Fsp3) is 0.833. The van der Waals surface area contributed by atoms with Crippen LogP contribution in [0.4, 0.5) is 0 Å². The van der Waals surface area contributed by atoms with E-state index in [1.807, 2.05) is 0 Å². The summed E-state index contributed by atoms with van der Waals surface area (Å²) in [5.74, 6) is 1.44. The normalized spacial score (nSPS) is 26.0. The lowest BCUT2D eigenvalue weighted by Gasteiger charge is -1.98. The zero-order valence-electron chi connectivity index (χ0n) is 8.86. The molecule has 0 saturated heterocycles. The van der Waals surface area contributed by atoms with Crippen molar-refractivity contribution in [3.8, 4) is 0 Å². The molecule has 0 spiro atoms. The SMILES string of the molecule is C(=NN=CC1CCCC1)C1CCCC1. The van der Waals surface area contributed by atoms with Crippen molar-refractivity contribution in [1.82, 2.24) is 0 Å². The van der Waals surface area contributed by atoms with Gasteiger partial charge >= 0.3 is 0 Å². The number of hydrogen-bond acceptors (Lipinski definition) is 2. The number of hydrogen-bond donors (Lipinski definition) is 0. The van der Waals surface area contributed by atoms with Gasteiger partial charge in [-0.15, -0.1) is 0 Å². The minimum absolute atomic E-state index is 0.718. The Hall–Kier alpha value is -0.660. The summed E-state index contributed by atoms with van der Waals surface area (Å²) in [7, 11) is 0. The molecule has 0 amide bonds. The van der Waals surface area contributed by atoms with Gasteiger partial charge in [0.1, 0.15) is 0 Å². The van der Waals surface area contributed by atoms with Gasteiger partial charge in [0.25, 0.3) is 0 Å². The van der Waals surface area contributed by atoms with Crippen LogP contribution in [0.2, 0.25) is 0 Å². The maximum atomic E-state index is 4.16. The Bertz CT molecular complexity index is 184. The lowest BCUT2D eigenvalue weighted by molar-refractivity contribution is 0.734. The maximum Gasteiger partial charge on any atom is 0.0301 e. The molecule has 0 bridgehead atoms. The van der Waals surface area contributed by atoms with Gasteiger partial charge in [-0.2, -0.15) is 10.2 Å². The Balaban J connectivity index is 1.69. The molecule has 0 aromatic rings. The van der Waals surface area contributed by atoms with E-state index in [2.05, 4.69) is 22.6 Å². The van der Waals surface area contributed by atoms with Gasteiger partial charge in [-0.05, 0) is 37.5 Å². The van der Waals surface area contributed by atoms with Crippen LogP contribution < -0.4 is 0 Å². The molecule has 0 aliphatic heterocycles. The van der Waals surface area contributed by atoms with Crippen LogP contribution in [0.1, 0.15) is 51.4 Å². The van der Waals surface area contributed by atoms with Crippen molar-refractivity contribution in [2.24, 2.45) is 22.0 Å². The first-order valence-electron chi connectivity index (χ1n) is 6.02. The third kappa shape index (κ3) is 2.93. The average Bonchev–Trinajstić information content (AvgIpc) is 2.86. The monoisotopic (exact) mass is 192 g/mol. The van der Waals surface area contributed by atoms with E-state index in [0.717, 1.165) is 11.8 Å². The van der Waals surface area contributed by atoms with E-state index in [0.29, 0.717) is 0 Å². The lowest BCUT2D eigenvalue weighted by Crippen LogP contribution is -1.95. The summed E-state index contributed by atoms with van der Waals surface area (Å²) < 4.78 is 0. The summed E-state index contributed by atoms with van der Waals surface area (Å²) in [6.07, 6.45) is 14.9. The molecule has 2 aliphatic carbocycles. The predicted molar refractivity (Wildman–Crippen MR) is 60.9 cm³/mol. The molecule has 0 heterocycles. The summed E-state index contributed by atoms with van der Waals surface area (Å²) in [5, 5.41) is 8.32. The van der Waals surface area contributed by atoms with E-state index in [9.17, 15) is 0 Å². The van der Waals surface area contributed by atoms with Crippen LogP contribution in [0.15, 0.2) is 10.2 Å². The van der Waals surface area contributed by atoms with Crippen LogP contribution in [0, 0.1) is 11.8 Å². The largest absolute Gasteiger partial charge is 0.164 e. The molecule has 2 heteroatoms. The van der Waals surface area contributed by atoms with Crippen molar-refractivity contribution in [1.29, 1.82) is 0 Å². The van der Waals surface area contributed by atoms with Crippen LogP contribution >= 0.6 is 0 Å². The van der Waals surface area contributed by atoms with Crippen molar-refractivity contribution in [2.45, 2.75) is 51.4 Å². The molecule has 14 heavy (non-hydrogen) atoms. The third-order valence-electron chi connectivity index (χ3n) is 3.42. The Morgan fingerprint density at radius 3 is 1.36 bits per heavy atom. The van der Waals surface area contributed by atoms with Crippen LogP contribution in [0.5, 0.6) is 0 Å². The van der Waals surface area contributed by atoms with E-state index in [1.165, 1.54) is 51.4 Å². The van der Waals surface area contributed by atoms with E-state index in [4.69, 9.17) is 0 Å². The van der Waals surface area contributed by atoms with Crippen molar-refractivity contribution in [2.75, 3.05) is 0 Å². The van der Waals surface area contributed by atoms with Crippen molar-refractivity contribution in [3.05, 3.63) is 0 Å². The predicted octanol–water partition coefficient (Wildman–Crippen LogP) is 3.42. The van der Waals surface area contributed by atoms with Gasteiger partial charge < -0.3 is 0 Å². The first-order chi connectivity index (χ1) is 6.95. The molecule has 2 rings (SSSR count). The van der Waals surface area contributed by atoms with Gasteiger partial charge in [-0.25, -0.2) is 0 Å². The average molecular weight is 192 g/mol. The summed E-state index contributed by atoms with van der Waals surface area (Å²) in [5.41, 5.74) is 0. The molecule has 78 valence electrons. The molecule has 0 aromatic heterocycles. The zero-order valence-corrected chi connectivity index (χ0v) is 8.86. The molecule has 2 saturated carbocycles. The Morgan fingerprint density at radius 2 is 1.00 bits per heavy atom. The van der Waals surface area contributed by atoms with Crippen LogP contribution in [-0.2, 0) is 0 Å². The highest BCUT2D eigenvalue weighted by molar-refractivity contribution is 5.64. The minimum atomic E-state index is 0.718. The quantitative estimate of drug-likeness (QED) is 0.483. The molecule has 2 nitrogen and oxygen atoms in total. The molecule has 0 radical (unpaired) electrons. The highest BCUT2D eigenvalue weighted by atomic mass is 15.2. The van der Waals surface area contributed by atoms with E-state index >= 15 is 0 Å². The highest BCUT2D eigenvalue weighted by Crippen LogP contribution is 2.23. The number of nitrogens with zero attached hydrogens (tertiary/aromatic N) is 2. The third-order valence-corrected chi connectivity index (χ3v) is 3.42. The summed E-state index contributed by atoms with van der Waals surface area (Å²) in [6, 6.07) is 0. The molecule has 0 aromatic carbocycles. The van der Waals surface area contributed by atoms with Crippen LogP contribution in [0.3, 0.4) is 0 Å². The van der Waals surface area contributed by atoms with Crippen molar-refractivity contribution < 1.29 is 0 Å². The number of rotatable bonds is 3. The Labute approximate surface area is 86.5 Å². The fourth-order valence-corrected chi connectivity index (χ4v) is 2.48. The van der Waals surface area contributed by atoms with Gasteiger partial charge in [0, 0.05) is 12.4 Å². The van der Waals surface area contributed by atoms with Gasteiger partial charge in [-0.3, -0.25) is 0 Å². The Kier molecular flexibility index (Phi) is 3.72.